The fourth-order valence-corrected chi connectivity index (χ4v) is 2.95. The van der Waals surface area contributed by atoms with Crippen LogP contribution in [0.3, 0.4) is 0 Å². The van der Waals surface area contributed by atoms with Gasteiger partial charge in [0.05, 0.1) is 12.5 Å². The van der Waals surface area contributed by atoms with Crippen molar-refractivity contribution in [3.63, 3.8) is 0 Å². The number of fused-ring (bicyclic) bond motifs is 1. The second-order valence-electron chi connectivity index (χ2n) is 6.49. The molecule has 0 heterocycles. The predicted molar refractivity (Wildman–Crippen MR) is 100 cm³/mol. The highest BCUT2D eigenvalue weighted by atomic mass is 16.1. The number of carbonyl (C=O) groups excluding carboxylic acids is 1. The summed E-state index contributed by atoms with van der Waals surface area (Å²) in [5.41, 5.74) is 4.66. The van der Waals surface area contributed by atoms with Crippen LogP contribution in [0.1, 0.15) is 35.2 Å². The number of hydrogen-bond acceptors (Lipinski definition) is 1. The summed E-state index contributed by atoms with van der Waals surface area (Å²) < 4.78 is 0. The Balaban J connectivity index is 1.69. The first-order chi connectivity index (χ1) is 11.5. The van der Waals surface area contributed by atoms with Crippen LogP contribution in [-0.2, 0) is 11.2 Å². The maximum atomic E-state index is 12.3. The summed E-state index contributed by atoms with van der Waals surface area (Å²) in [6, 6.07) is 20.8. The van der Waals surface area contributed by atoms with Crippen molar-refractivity contribution >= 4 is 16.7 Å². The van der Waals surface area contributed by atoms with Crippen molar-refractivity contribution < 1.29 is 4.79 Å². The molecule has 0 aliphatic rings. The maximum Gasteiger partial charge on any atom is 0.224 e. The van der Waals surface area contributed by atoms with Crippen molar-refractivity contribution in [1.82, 2.24) is 5.32 Å². The first-order valence-electron chi connectivity index (χ1n) is 8.37. The van der Waals surface area contributed by atoms with Gasteiger partial charge in [-0.2, -0.15) is 0 Å². The average Bonchev–Trinajstić information content (AvgIpc) is 2.57. The number of benzene rings is 3. The SMILES string of the molecule is Cc1ccc(CC(=O)N[C@@H](C)c2ccc3ccccc3c2)cc1C. The molecule has 0 aromatic heterocycles. The van der Waals surface area contributed by atoms with E-state index in [0.717, 1.165) is 11.1 Å². The molecule has 122 valence electrons. The molecule has 1 amide bonds. The topological polar surface area (TPSA) is 29.1 Å². The largest absolute Gasteiger partial charge is 0.349 e. The van der Waals surface area contributed by atoms with E-state index in [-0.39, 0.29) is 11.9 Å². The standard InChI is InChI=1S/C22H23NO/c1-15-8-9-18(12-16(15)2)13-22(24)23-17(3)20-11-10-19-6-4-5-7-21(19)14-20/h4-12,14,17H,13H2,1-3H3,(H,23,24)/t17-/m0/s1. The number of rotatable bonds is 4. The summed E-state index contributed by atoms with van der Waals surface area (Å²) in [4.78, 5) is 12.3. The van der Waals surface area contributed by atoms with Gasteiger partial charge in [-0.1, -0.05) is 54.6 Å². The lowest BCUT2D eigenvalue weighted by Crippen LogP contribution is -2.28. The minimum absolute atomic E-state index is 0.00588. The van der Waals surface area contributed by atoms with Gasteiger partial charge < -0.3 is 5.32 Å². The molecule has 0 saturated carbocycles. The first kappa shape index (κ1) is 16.3. The third-order valence-electron chi connectivity index (χ3n) is 4.59. The van der Waals surface area contributed by atoms with Crippen LogP contribution in [0.25, 0.3) is 10.8 Å². The van der Waals surface area contributed by atoms with Crippen LogP contribution in [-0.4, -0.2) is 5.91 Å². The zero-order chi connectivity index (χ0) is 17.1. The Hall–Kier alpha value is -2.61. The zero-order valence-electron chi connectivity index (χ0n) is 14.5. The molecule has 3 rings (SSSR count). The van der Waals surface area contributed by atoms with E-state index in [1.54, 1.807) is 0 Å². The second kappa shape index (κ2) is 6.88. The molecule has 0 spiro atoms. The molecule has 0 bridgehead atoms. The van der Waals surface area contributed by atoms with Gasteiger partial charge >= 0.3 is 0 Å². The molecule has 2 nitrogen and oxygen atoms in total. The minimum Gasteiger partial charge on any atom is -0.349 e. The van der Waals surface area contributed by atoms with Crippen molar-refractivity contribution in [3.05, 3.63) is 82.9 Å². The fourth-order valence-electron chi connectivity index (χ4n) is 2.95. The molecule has 0 radical (unpaired) electrons. The smallest absolute Gasteiger partial charge is 0.224 e. The molecule has 0 aliphatic heterocycles. The van der Waals surface area contributed by atoms with E-state index < -0.39 is 0 Å². The van der Waals surface area contributed by atoms with Gasteiger partial charge in [-0.15, -0.1) is 0 Å². The van der Waals surface area contributed by atoms with E-state index in [2.05, 4.69) is 61.6 Å². The molecule has 2 heteroatoms. The highest BCUT2D eigenvalue weighted by Gasteiger charge is 2.11. The van der Waals surface area contributed by atoms with Gasteiger partial charge in [0.2, 0.25) is 5.91 Å². The first-order valence-corrected chi connectivity index (χ1v) is 8.37. The summed E-state index contributed by atoms with van der Waals surface area (Å²) >= 11 is 0. The monoisotopic (exact) mass is 317 g/mol. The van der Waals surface area contributed by atoms with Crippen molar-refractivity contribution in [2.45, 2.75) is 33.2 Å². The molecular weight excluding hydrogens is 294 g/mol. The Labute approximate surface area is 143 Å². The van der Waals surface area contributed by atoms with E-state index in [0.29, 0.717) is 6.42 Å². The average molecular weight is 317 g/mol. The fraction of sp³-hybridized carbons (Fsp3) is 0.227. The molecule has 0 aliphatic carbocycles. The summed E-state index contributed by atoms with van der Waals surface area (Å²) in [6.07, 6.45) is 0.416. The lowest BCUT2D eigenvalue weighted by molar-refractivity contribution is -0.121. The van der Waals surface area contributed by atoms with Crippen LogP contribution in [0.5, 0.6) is 0 Å². The van der Waals surface area contributed by atoms with Gasteiger partial charge in [-0.05, 0) is 59.9 Å². The Morgan fingerprint density at radius 2 is 1.67 bits per heavy atom. The molecule has 0 unspecified atom stereocenters. The second-order valence-corrected chi connectivity index (χ2v) is 6.49. The molecule has 0 fully saturated rings. The Morgan fingerprint density at radius 1 is 0.917 bits per heavy atom. The van der Waals surface area contributed by atoms with Crippen LogP contribution in [0.4, 0.5) is 0 Å². The molecule has 24 heavy (non-hydrogen) atoms. The van der Waals surface area contributed by atoms with Crippen molar-refractivity contribution in [2.75, 3.05) is 0 Å². The number of carbonyl (C=O) groups is 1. The van der Waals surface area contributed by atoms with E-state index in [1.165, 1.54) is 21.9 Å². The lowest BCUT2D eigenvalue weighted by atomic mass is 10.0. The molecule has 3 aromatic rings. The Morgan fingerprint density at radius 3 is 2.42 bits per heavy atom. The molecule has 1 N–H and O–H groups in total. The van der Waals surface area contributed by atoms with Crippen molar-refractivity contribution in [1.29, 1.82) is 0 Å². The van der Waals surface area contributed by atoms with Crippen LogP contribution in [0.2, 0.25) is 0 Å². The van der Waals surface area contributed by atoms with E-state index in [1.807, 2.05) is 25.1 Å². The number of aryl methyl sites for hydroxylation is 2. The summed E-state index contributed by atoms with van der Waals surface area (Å²) in [6.45, 7) is 6.19. The highest BCUT2D eigenvalue weighted by Crippen LogP contribution is 2.20. The van der Waals surface area contributed by atoms with Crippen LogP contribution in [0.15, 0.2) is 60.7 Å². The summed E-state index contributed by atoms with van der Waals surface area (Å²) in [5.74, 6) is 0.0545. The molecule has 1 atom stereocenters. The molecule has 3 aromatic carbocycles. The van der Waals surface area contributed by atoms with Gasteiger partial charge in [-0.3, -0.25) is 4.79 Å². The summed E-state index contributed by atoms with van der Waals surface area (Å²) in [7, 11) is 0. The molecular formula is C22H23NO. The Bertz CT molecular complexity index is 882. The zero-order valence-corrected chi connectivity index (χ0v) is 14.5. The summed E-state index contributed by atoms with van der Waals surface area (Å²) in [5, 5.41) is 5.52. The normalized spacial score (nSPS) is 12.1. The highest BCUT2D eigenvalue weighted by molar-refractivity contribution is 5.83. The van der Waals surface area contributed by atoms with Gasteiger partial charge in [0, 0.05) is 0 Å². The van der Waals surface area contributed by atoms with Crippen molar-refractivity contribution in [3.8, 4) is 0 Å². The predicted octanol–water partition coefficient (Wildman–Crippen LogP) is 4.88. The van der Waals surface area contributed by atoms with Gasteiger partial charge in [-0.25, -0.2) is 0 Å². The minimum atomic E-state index is -0.00588. The third-order valence-corrected chi connectivity index (χ3v) is 4.59. The van der Waals surface area contributed by atoms with Crippen LogP contribution in [0, 0.1) is 13.8 Å². The number of nitrogens with one attached hydrogen (secondary N) is 1. The Kier molecular flexibility index (Phi) is 4.66. The van der Waals surface area contributed by atoms with E-state index in [4.69, 9.17) is 0 Å². The van der Waals surface area contributed by atoms with E-state index >= 15 is 0 Å². The van der Waals surface area contributed by atoms with Gasteiger partial charge in [0.25, 0.3) is 0 Å². The quantitative estimate of drug-likeness (QED) is 0.730. The molecule has 0 saturated heterocycles. The van der Waals surface area contributed by atoms with Crippen LogP contribution >= 0.6 is 0 Å². The van der Waals surface area contributed by atoms with Crippen molar-refractivity contribution in [2.24, 2.45) is 0 Å². The number of hydrogen-bond donors (Lipinski definition) is 1. The maximum absolute atomic E-state index is 12.3. The van der Waals surface area contributed by atoms with Gasteiger partial charge in [0.15, 0.2) is 0 Å². The lowest BCUT2D eigenvalue weighted by Gasteiger charge is -2.15. The van der Waals surface area contributed by atoms with Crippen LogP contribution < -0.4 is 5.32 Å². The van der Waals surface area contributed by atoms with E-state index in [9.17, 15) is 4.79 Å². The third kappa shape index (κ3) is 3.65. The number of amides is 1. The van der Waals surface area contributed by atoms with Gasteiger partial charge in [0.1, 0.15) is 0 Å².